The zero-order valence-corrected chi connectivity index (χ0v) is 17.6. The van der Waals surface area contributed by atoms with Crippen molar-refractivity contribution in [1.29, 1.82) is 0 Å². The third kappa shape index (κ3) is 6.82. The Kier molecular flexibility index (Phi) is 8.22. The Bertz CT molecular complexity index is 730. The molecule has 0 spiro atoms. The smallest absolute Gasteiger partial charge is 0.222 e. The second-order valence-electron chi connectivity index (χ2n) is 8.35. The van der Waals surface area contributed by atoms with Crippen molar-refractivity contribution in [2.75, 3.05) is 26.2 Å². The first-order valence-corrected chi connectivity index (χ1v) is 11.1. The summed E-state index contributed by atoms with van der Waals surface area (Å²) in [4.78, 5) is 39.9. The van der Waals surface area contributed by atoms with E-state index < -0.39 is 0 Å². The molecule has 2 aliphatic heterocycles. The van der Waals surface area contributed by atoms with E-state index in [1.165, 1.54) is 12.1 Å². The Labute approximate surface area is 177 Å². The second-order valence-corrected chi connectivity index (χ2v) is 8.35. The summed E-state index contributed by atoms with van der Waals surface area (Å²) in [5.41, 5.74) is 0.880. The third-order valence-electron chi connectivity index (χ3n) is 6.14. The molecule has 2 saturated heterocycles. The fourth-order valence-corrected chi connectivity index (χ4v) is 4.22. The van der Waals surface area contributed by atoms with E-state index in [2.05, 4.69) is 5.32 Å². The average Bonchev–Trinajstić information content (AvgIpc) is 3.17. The standard InChI is InChI=1S/C23H32FN3O3/c24-20-8-5-19(6-9-20)17-25-21(28)10-7-18-11-15-27(16-12-18)23(30)4-2-14-26-13-1-3-22(26)29/h5-6,8-9,18H,1-4,7,10-17H2,(H,25,28). The number of benzene rings is 1. The predicted molar refractivity (Wildman–Crippen MR) is 112 cm³/mol. The van der Waals surface area contributed by atoms with Gasteiger partial charge < -0.3 is 15.1 Å². The Balaban J connectivity index is 1.26. The van der Waals surface area contributed by atoms with Gasteiger partial charge in [0.15, 0.2) is 0 Å². The minimum atomic E-state index is -0.281. The molecule has 164 valence electrons. The lowest BCUT2D eigenvalue weighted by Gasteiger charge is -2.32. The fraction of sp³-hybridized carbons (Fsp3) is 0.609. The normalized spacial score (nSPS) is 17.4. The van der Waals surface area contributed by atoms with Gasteiger partial charge in [-0.3, -0.25) is 14.4 Å². The molecular weight excluding hydrogens is 385 g/mol. The lowest BCUT2D eigenvalue weighted by Crippen LogP contribution is -2.39. The molecule has 0 unspecified atom stereocenters. The largest absolute Gasteiger partial charge is 0.352 e. The number of likely N-dealkylation sites (tertiary alicyclic amines) is 2. The SMILES string of the molecule is O=C(CCC1CCN(C(=O)CCCN2CCCC2=O)CC1)NCc1ccc(F)cc1. The van der Waals surface area contributed by atoms with Crippen molar-refractivity contribution >= 4 is 17.7 Å². The van der Waals surface area contributed by atoms with Gasteiger partial charge in [-0.05, 0) is 55.7 Å². The molecule has 0 bridgehead atoms. The van der Waals surface area contributed by atoms with Crippen LogP contribution >= 0.6 is 0 Å². The van der Waals surface area contributed by atoms with Crippen molar-refractivity contribution in [3.8, 4) is 0 Å². The molecule has 1 N–H and O–H groups in total. The first kappa shape index (κ1) is 22.2. The van der Waals surface area contributed by atoms with Gasteiger partial charge in [0.05, 0.1) is 0 Å². The van der Waals surface area contributed by atoms with Crippen LogP contribution in [0.5, 0.6) is 0 Å². The van der Waals surface area contributed by atoms with Crippen LogP contribution in [-0.4, -0.2) is 53.7 Å². The summed E-state index contributed by atoms with van der Waals surface area (Å²) in [6.45, 7) is 3.44. The van der Waals surface area contributed by atoms with Gasteiger partial charge in [0, 0.05) is 52.0 Å². The van der Waals surface area contributed by atoms with Gasteiger partial charge in [-0.15, -0.1) is 0 Å². The summed E-state index contributed by atoms with van der Waals surface area (Å²) in [5, 5.41) is 2.88. The highest BCUT2D eigenvalue weighted by molar-refractivity contribution is 5.78. The Morgan fingerprint density at radius 3 is 2.47 bits per heavy atom. The van der Waals surface area contributed by atoms with Crippen LogP contribution in [0.25, 0.3) is 0 Å². The third-order valence-corrected chi connectivity index (χ3v) is 6.14. The lowest BCUT2D eigenvalue weighted by atomic mass is 9.92. The summed E-state index contributed by atoms with van der Waals surface area (Å²) < 4.78 is 12.9. The molecule has 0 saturated carbocycles. The number of nitrogens with one attached hydrogen (secondary N) is 1. The van der Waals surface area contributed by atoms with Gasteiger partial charge in [0.2, 0.25) is 17.7 Å². The van der Waals surface area contributed by atoms with E-state index in [9.17, 15) is 18.8 Å². The van der Waals surface area contributed by atoms with Crippen molar-refractivity contribution < 1.29 is 18.8 Å². The summed E-state index contributed by atoms with van der Waals surface area (Å²) >= 11 is 0. The number of hydrogen-bond acceptors (Lipinski definition) is 3. The van der Waals surface area contributed by atoms with Crippen molar-refractivity contribution in [1.82, 2.24) is 15.1 Å². The van der Waals surface area contributed by atoms with Gasteiger partial charge in [0.25, 0.3) is 0 Å². The Morgan fingerprint density at radius 1 is 1.07 bits per heavy atom. The minimum absolute atomic E-state index is 0.00860. The highest BCUT2D eigenvalue weighted by Crippen LogP contribution is 2.22. The number of amides is 3. The molecule has 7 heteroatoms. The number of carbonyl (C=O) groups is 3. The zero-order chi connectivity index (χ0) is 21.3. The van der Waals surface area contributed by atoms with Crippen LogP contribution in [0.2, 0.25) is 0 Å². The first-order valence-electron chi connectivity index (χ1n) is 11.1. The van der Waals surface area contributed by atoms with Crippen molar-refractivity contribution in [2.24, 2.45) is 5.92 Å². The molecular formula is C23H32FN3O3. The number of rotatable bonds is 9. The van der Waals surface area contributed by atoms with E-state index in [1.807, 2.05) is 9.80 Å². The molecule has 1 aromatic carbocycles. The molecule has 2 fully saturated rings. The van der Waals surface area contributed by atoms with Gasteiger partial charge in [0.1, 0.15) is 5.82 Å². The maximum absolute atomic E-state index is 12.9. The number of nitrogens with zero attached hydrogens (tertiary/aromatic N) is 2. The maximum Gasteiger partial charge on any atom is 0.222 e. The number of piperidine rings is 1. The van der Waals surface area contributed by atoms with Gasteiger partial charge in [-0.1, -0.05) is 12.1 Å². The second kappa shape index (κ2) is 11.1. The lowest BCUT2D eigenvalue weighted by molar-refractivity contribution is -0.134. The quantitative estimate of drug-likeness (QED) is 0.672. The van der Waals surface area contributed by atoms with E-state index >= 15 is 0 Å². The van der Waals surface area contributed by atoms with Gasteiger partial charge in [-0.2, -0.15) is 0 Å². The van der Waals surface area contributed by atoms with Crippen molar-refractivity contribution in [2.45, 2.75) is 57.9 Å². The van der Waals surface area contributed by atoms with Gasteiger partial charge in [-0.25, -0.2) is 4.39 Å². The van der Waals surface area contributed by atoms with E-state index in [-0.39, 0.29) is 23.5 Å². The Morgan fingerprint density at radius 2 is 1.80 bits per heavy atom. The molecule has 0 aromatic heterocycles. The first-order chi connectivity index (χ1) is 14.5. The van der Waals surface area contributed by atoms with Gasteiger partial charge >= 0.3 is 0 Å². The maximum atomic E-state index is 12.9. The molecule has 3 amide bonds. The van der Waals surface area contributed by atoms with Crippen LogP contribution in [0.3, 0.4) is 0 Å². The molecule has 0 radical (unpaired) electrons. The molecule has 2 aliphatic rings. The zero-order valence-electron chi connectivity index (χ0n) is 17.6. The van der Waals surface area contributed by atoms with Crippen LogP contribution in [0.4, 0.5) is 4.39 Å². The molecule has 2 heterocycles. The molecule has 1 aromatic rings. The van der Waals surface area contributed by atoms with Crippen LogP contribution in [-0.2, 0) is 20.9 Å². The number of carbonyl (C=O) groups excluding carboxylic acids is 3. The Hall–Kier alpha value is -2.44. The number of halogens is 1. The van der Waals surface area contributed by atoms with Crippen LogP contribution < -0.4 is 5.32 Å². The van der Waals surface area contributed by atoms with Crippen LogP contribution in [0.1, 0.15) is 56.9 Å². The van der Waals surface area contributed by atoms with E-state index in [0.29, 0.717) is 38.3 Å². The van der Waals surface area contributed by atoms with Crippen LogP contribution in [0.15, 0.2) is 24.3 Å². The van der Waals surface area contributed by atoms with Crippen molar-refractivity contribution in [3.63, 3.8) is 0 Å². The predicted octanol–water partition coefficient (Wildman–Crippen LogP) is 2.86. The summed E-state index contributed by atoms with van der Waals surface area (Å²) in [6.07, 6.45) is 5.98. The highest BCUT2D eigenvalue weighted by atomic mass is 19.1. The van der Waals surface area contributed by atoms with E-state index in [4.69, 9.17) is 0 Å². The van der Waals surface area contributed by atoms with E-state index in [0.717, 1.165) is 57.3 Å². The summed E-state index contributed by atoms with van der Waals surface area (Å²) in [7, 11) is 0. The minimum Gasteiger partial charge on any atom is -0.352 e. The van der Waals surface area contributed by atoms with Crippen molar-refractivity contribution in [3.05, 3.63) is 35.6 Å². The highest BCUT2D eigenvalue weighted by Gasteiger charge is 2.24. The van der Waals surface area contributed by atoms with E-state index in [1.54, 1.807) is 12.1 Å². The molecule has 0 aliphatic carbocycles. The topological polar surface area (TPSA) is 69.7 Å². The molecule has 30 heavy (non-hydrogen) atoms. The number of hydrogen-bond donors (Lipinski definition) is 1. The summed E-state index contributed by atoms with van der Waals surface area (Å²) in [6, 6.07) is 6.13. The van der Waals surface area contributed by atoms with Crippen LogP contribution in [0, 0.1) is 11.7 Å². The monoisotopic (exact) mass is 417 g/mol. The molecule has 6 nitrogen and oxygen atoms in total. The molecule has 3 rings (SSSR count). The average molecular weight is 418 g/mol. The fourth-order valence-electron chi connectivity index (χ4n) is 4.22. The molecule has 0 atom stereocenters. The summed E-state index contributed by atoms with van der Waals surface area (Å²) in [5.74, 6) is 0.584.